The van der Waals surface area contributed by atoms with Crippen LogP contribution >= 0.6 is 0 Å². The highest BCUT2D eigenvalue weighted by Gasteiger charge is 2.27. The fourth-order valence-corrected chi connectivity index (χ4v) is 6.35. The number of fused-ring (bicyclic) bond motifs is 1. The van der Waals surface area contributed by atoms with Crippen molar-refractivity contribution in [2.45, 2.75) is 31.9 Å². The van der Waals surface area contributed by atoms with Crippen LogP contribution < -0.4 is 13.8 Å². The second-order valence-electron chi connectivity index (χ2n) is 7.01. The van der Waals surface area contributed by atoms with Crippen LogP contribution in [0.1, 0.15) is 30.9 Å². The molecule has 1 N–H and O–H groups in total. The van der Waals surface area contributed by atoms with E-state index in [1.54, 1.807) is 42.5 Å². The van der Waals surface area contributed by atoms with Crippen molar-refractivity contribution in [2.24, 2.45) is 0 Å². The highest BCUT2D eigenvalue weighted by Crippen LogP contribution is 2.32. The number of benzene rings is 2. The summed E-state index contributed by atoms with van der Waals surface area (Å²) in [4.78, 5) is 0. The number of rotatable bonds is 8. The maximum atomic E-state index is 12.6. The van der Waals surface area contributed by atoms with Crippen molar-refractivity contribution in [3.05, 3.63) is 53.6 Å². The van der Waals surface area contributed by atoms with Crippen molar-refractivity contribution in [1.82, 2.24) is 0 Å². The van der Waals surface area contributed by atoms with Gasteiger partial charge in [-0.2, -0.15) is 0 Å². The van der Waals surface area contributed by atoms with Gasteiger partial charge in [-0.25, -0.2) is 16.8 Å². The molecule has 0 amide bonds. The Balaban J connectivity index is 1.83. The van der Waals surface area contributed by atoms with E-state index >= 15 is 0 Å². The van der Waals surface area contributed by atoms with E-state index in [1.165, 1.54) is 11.4 Å². The fourth-order valence-electron chi connectivity index (χ4n) is 3.53. The van der Waals surface area contributed by atoms with Crippen molar-refractivity contribution in [1.29, 1.82) is 0 Å². The number of ether oxygens (including phenoxy) is 1. The largest absolute Gasteiger partial charge is 0.496 e. The predicted molar refractivity (Wildman–Crippen MR) is 115 cm³/mol. The molecule has 0 unspecified atom stereocenters. The Bertz CT molecular complexity index is 1080. The van der Waals surface area contributed by atoms with Crippen molar-refractivity contribution >= 4 is 31.4 Å². The van der Waals surface area contributed by atoms with Crippen LogP contribution in [0, 0.1) is 0 Å². The van der Waals surface area contributed by atoms with Crippen LogP contribution in [0.2, 0.25) is 0 Å². The van der Waals surface area contributed by atoms with Crippen LogP contribution in [0.3, 0.4) is 0 Å². The topological polar surface area (TPSA) is 92.8 Å². The number of nitrogens with one attached hydrogen (secondary N) is 1. The van der Waals surface area contributed by atoms with E-state index in [1.807, 2.05) is 6.92 Å². The van der Waals surface area contributed by atoms with Gasteiger partial charge in [-0.1, -0.05) is 25.1 Å². The molecule has 0 spiro atoms. The summed E-state index contributed by atoms with van der Waals surface area (Å²) >= 11 is 0. The molecule has 0 bridgehead atoms. The molecular weight excluding hydrogens is 412 g/mol. The molecule has 0 aromatic heterocycles. The molecule has 0 saturated heterocycles. The highest BCUT2D eigenvalue weighted by molar-refractivity contribution is 7.92. The number of para-hydroxylation sites is 1. The first-order valence-corrected chi connectivity index (χ1v) is 12.8. The van der Waals surface area contributed by atoms with Gasteiger partial charge >= 0.3 is 0 Å². The van der Waals surface area contributed by atoms with Gasteiger partial charge in [-0.05, 0) is 49.1 Å². The number of nitrogens with zero attached hydrogens (tertiary/aromatic N) is 1. The van der Waals surface area contributed by atoms with E-state index in [9.17, 15) is 16.8 Å². The molecule has 1 aliphatic rings. The molecule has 7 nitrogen and oxygen atoms in total. The molecule has 158 valence electrons. The lowest BCUT2D eigenvalue weighted by Crippen LogP contribution is -2.37. The molecule has 3 rings (SSSR count). The normalized spacial score (nSPS) is 14.3. The second-order valence-corrected chi connectivity index (χ2v) is 10.7. The predicted octanol–water partition coefficient (Wildman–Crippen LogP) is 3.13. The lowest BCUT2D eigenvalue weighted by atomic mass is 10.0. The highest BCUT2D eigenvalue weighted by atomic mass is 32.2. The fraction of sp³-hybridized carbons (Fsp3) is 0.400. The summed E-state index contributed by atoms with van der Waals surface area (Å²) in [6, 6.07) is 12.0. The third-order valence-corrected chi connectivity index (χ3v) is 7.98. The Labute approximate surface area is 172 Å². The number of hydrogen-bond donors (Lipinski definition) is 1. The smallest absolute Gasteiger partial charge is 0.237 e. The second kappa shape index (κ2) is 8.62. The Morgan fingerprint density at radius 3 is 2.59 bits per heavy atom. The molecule has 29 heavy (non-hydrogen) atoms. The van der Waals surface area contributed by atoms with Gasteiger partial charge in [-0.3, -0.25) is 9.03 Å². The average Bonchev–Trinajstić information content (AvgIpc) is 2.67. The maximum absolute atomic E-state index is 12.6. The third-order valence-electron chi connectivity index (χ3n) is 4.76. The molecule has 0 aliphatic carbocycles. The minimum absolute atomic E-state index is 0.0970. The van der Waals surface area contributed by atoms with E-state index in [4.69, 9.17) is 4.74 Å². The molecule has 2 aromatic carbocycles. The first-order valence-electron chi connectivity index (χ1n) is 9.51. The molecule has 1 heterocycles. The maximum Gasteiger partial charge on any atom is 0.237 e. The van der Waals surface area contributed by atoms with Crippen LogP contribution in [0.15, 0.2) is 42.5 Å². The third kappa shape index (κ3) is 5.02. The molecule has 0 radical (unpaired) electrons. The summed E-state index contributed by atoms with van der Waals surface area (Å²) in [5, 5.41) is 0. The van der Waals surface area contributed by atoms with E-state index in [2.05, 4.69) is 4.72 Å². The van der Waals surface area contributed by atoms with Gasteiger partial charge in [0, 0.05) is 17.8 Å². The van der Waals surface area contributed by atoms with Gasteiger partial charge in [0.05, 0.1) is 24.3 Å². The minimum atomic E-state index is -3.66. The van der Waals surface area contributed by atoms with Gasteiger partial charge in [0.15, 0.2) is 0 Å². The van der Waals surface area contributed by atoms with Gasteiger partial charge in [0.1, 0.15) is 5.75 Å². The summed E-state index contributed by atoms with van der Waals surface area (Å²) in [6.07, 6.45) is 1.96. The zero-order valence-electron chi connectivity index (χ0n) is 16.6. The Hall–Kier alpha value is -2.26. The SMILES string of the molecule is CCCS(=O)(=O)N1CCCc2cc(NS(=O)(=O)Cc3ccccc3OC)ccc21. The summed E-state index contributed by atoms with van der Waals surface area (Å²) in [7, 11) is -5.52. The molecule has 1 aliphatic heterocycles. The quantitative estimate of drug-likeness (QED) is 0.684. The van der Waals surface area contributed by atoms with Crippen LogP contribution in [-0.2, 0) is 32.2 Å². The summed E-state index contributed by atoms with van der Waals surface area (Å²) in [6.45, 7) is 2.29. The Morgan fingerprint density at radius 2 is 1.86 bits per heavy atom. The number of hydrogen-bond acceptors (Lipinski definition) is 5. The molecule has 0 saturated carbocycles. The molecule has 9 heteroatoms. The van der Waals surface area contributed by atoms with Gasteiger partial charge < -0.3 is 4.74 Å². The van der Waals surface area contributed by atoms with Crippen molar-refractivity contribution in [3.63, 3.8) is 0 Å². The summed E-state index contributed by atoms with van der Waals surface area (Å²) in [5.41, 5.74) is 2.46. The first kappa shape index (κ1) is 21.4. The number of methoxy groups -OCH3 is 1. The minimum Gasteiger partial charge on any atom is -0.496 e. The van der Waals surface area contributed by atoms with Crippen LogP contribution in [0.4, 0.5) is 11.4 Å². The molecule has 0 fully saturated rings. The zero-order chi connectivity index (χ0) is 21.1. The summed E-state index contributed by atoms with van der Waals surface area (Å²) < 4.78 is 59.6. The Kier molecular flexibility index (Phi) is 6.38. The van der Waals surface area contributed by atoms with E-state index in [-0.39, 0.29) is 11.5 Å². The lowest BCUT2D eigenvalue weighted by molar-refractivity contribution is 0.411. The van der Waals surface area contributed by atoms with Crippen LogP contribution in [-0.4, -0.2) is 36.2 Å². The van der Waals surface area contributed by atoms with Crippen molar-refractivity contribution in [2.75, 3.05) is 28.4 Å². The monoisotopic (exact) mass is 438 g/mol. The van der Waals surface area contributed by atoms with Crippen molar-refractivity contribution < 1.29 is 21.6 Å². The first-order chi connectivity index (χ1) is 13.8. The van der Waals surface area contributed by atoms with Gasteiger partial charge in [0.25, 0.3) is 0 Å². The number of aryl methyl sites for hydroxylation is 1. The zero-order valence-corrected chi connectivity index (χ0v) is 18.2. The average molecular weight is 439 g/mol. The molecule has 2 aromatic rings. The standard InChI is InChI=1S/C20H26N2O5S2/c1-3-13-29(25,26)22-12-6-8-16-14-18(10-11-19(16)22)21-28(23,24)15-17-7-4-5-9-20(17)27-2/h4-5,7,9-11,14,21H,3,6,8,12-13,15H2,1-2H3. The molecular formula is C20H26N2O5S2. The van der Waals surface area contributed by atoms with Crippen molar-refractivity contribution in [3.8, 4) is 5.75 Å². The van der Waals surface area contributed by atoms with Gasteiger partial charge in [-0.15, -0.1) is 0 Å². The van der Waals surface area contributed by atoms with E-state index < -0.39 is 20.0 Å². The molecule has 0 atom stereocenters. The van der Waals surface area contributed by atoms with E-state index in [0.29, 0.717) is 48.5 Å². The number of anilines is 2. The summed E-state index contributed by atoms with van der Waals surface area (Å²) in [5.74, 6) is 0.394. The Morgan fingerprint density at radius 1 is 1.10 bits per heavy atom. The van der Waals surface area contributed by atoms with Gasteiger partial charge in [0.2, 0.25) is 20.0 Å². The van der Waals surface area contributed by atoms with Crippen LogP contribution in [0.25, 0.3) is 0 Å². The van der Waals surface area contributed by atoms with E-state index in [0.717, 1.165) is 5.56 Å². The lowest BCUT2D eigenvalue weighted by Gasteiger charge is -2.30. The number of sulfonamides is 2. The van der Waals surface area contributed by atoms with Crippen LogP contribution in [0.5, 0.6) is 5.75 Å².